The summed E-state index contributed by atoms with van der Waals surface area (Å²) in [6.07, 6.45) is 0.737. The first-order chi connectivity index (χ1) is 7.75. The van der Waals surface area contributed by atoms with Crippen molar-refractivity contribution in [2.75, 3.05) is 13.2 Å². The SMILES string of the molecule is O=C(O)COCCc1ccc2c(c1)COC2. The smallest absolute Gasteiger partial charge is 0.329 e. The van der Waals surface area contributed by atoms with E-state index in [4.69, 9.17) is 14.6 Å². The molecule has 1 aromatic rings. The molecule has 2 rings (SSSR count). The van der Waals surface area contributed by atoms with Crippen molar-refractivity contribution in [3.8, 4) is 0 Å². The van der Waals surface area contributed by atoms with E-state index >= 15 is 0 Å². The van der Waals surface area contributed by atoms with Crippen LogP contribution in [0.5, 0.6) is 0 Å². The Morgan fingerprint density at radius 1 is 1.38 bits per heavy atom. The van der Waals surface area contributed by atoms with E-state index < -0.39 is 5.97 Å². The summed E-state index contributed by atoms with van der Waals surface area (Å²) in [5.74, 6) is -0.928. The highest BCUT2D eigenvalue weighted by molar-refractivity contribution is 5.67. The first-order valence-corrected chi connectivity index (χ1v) is 5.23. The van der Waals surface area contributed by atoms with Gasteiger partial charge in [0.15, 0.2) is 0 Å². The molecule has 1 N–H and O–H groups in total. The van der Waals surface area contributed by atoms with Crippen LogP contribution in [0, 0.1) is 0 Å². The fraction of sp³-hybridized carbons (Fsp3) is 0.417. The Bertz CT molecular complexity index is 387. The highest BCUT2D eigenvalue weighted by Crippen LogP contribution is 2.20. The third-order valence-corrected chi connectivity index (χ3v) is 2.55. The molecule has 1 aliphatic rings. The first-order valence-electron chi connectivity index (χ1n) is 5.23. The van der Waals surface area contributed by atoms with Crippen molar-refractivity contribution in [1.29, 1.82) is 0 Å². The van der Waals surface area contributed by atoms with Gasteiger partial charge in [0.05, 0.1) is 19.8 Å². The fourth-order valence-corrected chi connectivity index (χ4v) is 1.73. The van der Waals surface area contributed by atoms with E-state index in [1.54, 1.807) is 0 Å². The molecule has 86 valence electrons. The number of fused-ring (bicyclic) bond motifs is 1. The number of benzene rings is 1. The van der Waals surface area contributed by atoms with Gasteiger partial charge >= 0.3 is 5.97 Å². The van der Waals surface area contributed by atoms with Crippen molar-refractivity contribution in [1.82, 2.24) is 0 Å². The summed E-state index contributed by atoms with van der Waals surface area (Å²) in [6.45, 7) is 1.59. The standard InChI is InChI=1S/C12H14O4/c13-12(14)8-15-4-3-9-1-2-10-6-16-7-11(10)5-9/h1-2,5H,3-4,6-8H2,(H,13,14). The average molecular weight is 222 g/mol. The van der Waals surface area contributed by atoms with Gasteiger partial charge in [-0.25, -0.2) is 4.79 Å². The van der Waals surface area contributed by atoms with Crippen LogP contribution in [0.4, 0.5) is 0 Å². The third kappa shape index (κ3) is 2.81. The number of ether oxygens (including phenoxy) is 2. The second-order valence-corrected chi connectivity index (χ2v) is 3.79. The van der Waals surface area contributed by atoms with Gasteiger partial charge in [-0.15, -0.1) is 0 Å². The van der Waals surface area contributed by atoms with Gasteiger partial charge < -0.3 is 14.6 Å². The molecule has 0 fully saturated rings. The van der Waals surface area contributed by atoms with Crippen molar-refractivity contribution >= 4 is 5.97 Å². The Morgan fingerprint density at radius 2 is 2.19 bits per heavy atom. The molecular weight excluding hydrogens is 208 g/mol. The molecule has 1 aliphatic heterocycles. The Labute approximate surface area is 93.8 Å². The molecule has 0 bridgehead atoms. The lowest BCUT2D eigenvalue weighted by molar-refractivity contribution is -0.142. The van der Waals surface area contributed by atoms with Crippen molar-refractivity contribution < 1.29 is 19.4 Å². The van der Waals surface area contributed by atoms with Crippen LogP contribution < -0.4 is 0 Å². The minimum absolute atomic E-state index is 0.228. The van der Waals surface area contributed by atoms with Crippen LogP contribution in [0.3, 0.4) is 0 Å². The second-order valence-electron chi connectivity index (χ2n) is 3.79. The molecule has 16 heavy (non-hydrogen) atoms. The highest BCUT2D eigenvalue weighted by atomic mass is 16.5. The van der Waals surface area contributed by atoms with Crippen molar-refractivity contribution in [2.45, 2.75) is 19.6 Å². The molecule has 0 aromatic heterocycles. The average Bonchev–Trinajstić information content (AvgIpc) is 2.71. The molecule has 4 nitrogen and oxygen atoms in total. The van der Waals surface area contributed by atoms with Crippen LogP contribution in [0.2, 0.25) is 0 Å². The minimum Gasteiger partial charge on any atom is -0.480 e. The Kier molecular flexibility index (Phi) is 3.54. The van der Waals surface area contributed by atoms with Crippen molar-refractivity contribution in [2.24, 2.45) is 0 Å². The first kappa shape index (κ1) is 11.1. The van der Waals surface area contributed by atoms with E-state index in [2.05, 4.69) is 12.1 Å². The molecule has 1 aromatic carbocycles. The summed E-state index contributed by atoms with van der Waals surface area (Å²) >= 11 is 0. The minimum atomic E-state index is -0.928. The van der Waals surface area contributed by atoms with Gasteiger partial charge in [-0.3, -0.25) is 0 Å². The topological polar surface area (TPSA) is 55.8 Å². The van der Waals surface area contributed by atoms with Crippen LogP contribution in [0.1, 0.15) is 16.7 Å². The fourth-order valence-electron chi connectivity index (χ4n) is 1.73. The predicted molar refractivity (Wildman–Crippen MR) is 57.1 cm³/mol. The summed E-state index contributed by atoms with van der Waals surface area (Å²) in [4.78, 5) is 10.2. The molecular formula is C12H14O4. The predicted octanol–water partition coefficient (Wildman–Crippen LogP) is 1.36. The zero-order chi connectivity index (χ0) is 11.4. The Morgan fingerprint density at radius 3 is 3.00 bits per heavy atom. The molecule has 0 aliphatic carbocycles. The van der Waals surface area contributed by atoms with Crippen LogP contribution in [-0.2, 0) is 33.9 Å². The second kappa shape index (κ2) is 5.09. The molecule has 4 heteroatoms. The number of carbonyl (C=O) groups is 1. The number of carboxylic acid groups (broad SMARTS) is 1. The van der Waals surface area contributed by atoms with E-state index in [1.165, 1.54) is 11.1 Å². The van der Waals surface area contributed by atoms with E-state index in [1.807, 2.05) is 6.07 Å². The normalized spacial score (nSPS) is 13.8. The number of hydrogen-bond acceptors (Lipinski definition) is 3. The largest absolute Gasteiger partial charge is 0.480 e. The van der Waals surface area contributed by atoms with E-state index in [0.29, 0.717) is 19.8 Å². The number of hydrogen-bond donors (Lipinski definition) is 1. The van der Waals surface area contributed by atoms with Crippen LogP contribution in [0.25, 0.3) is 0 Å². The van der Waals surface area contributed by atoms with Gasteiger partial charge in [-0.2, -0.15) is 0 Å². The monoisotopic (exact) mass is 222 g/mol. The lowest BCUT2D eigenvalue weighted by Gasteiger charge is -2.04. The van der Waals surface area contributed by atoms with Gasteiger partial charge in [0.1, 0.15) is 6.61 Å². The van der Waals surface area contributed by atoms with Crippen molar-refractivity contribution in [3.63, 3.8) is 0 Å². The maximum Gasteiger partial charge on any atom is 0.329 e. The summed E-state index contributed by atoms with van der Waals surface area (Å²) < 4.78 is 10.3. The Balaban J connectivity index is 1.83. The zero-order valence-corrected chi connectivity index (χ0v) is 8.94. The molecule has 0 unspecified atom stereocenters. The lowest BCUT2D eigenvalue weighted by Crippen LogP contribution is -2.09. The van der Waals surface area contributed by atoms with E-state index in [-0.39, 0.29) is 6.61 Å². The summed E-state index contributed by atoms with van der Waals surface area (Å²) in [6, 6.07) is 6.21. The summed E-state index contributed by atoms with van der Waals surface area (Å²) in [5, 5.41) is 8.40. The number of rotatable bonds is 5. The molecule has 0 saturated carbocycles. The van der Waals surface area contributed by atoms with Crippen LogP contribution in [-0.4, -0.2) is 24.3 Å². The highest BCUT2D eigenvalue weighted by Gasteiger charge is 2.10. The summed E-state index contributed by atoms with van der Waals surface area (Å²) in [7, 11) is 0. The maximum absolute atomic E-state index is 10.2. The van der Waals surface area contributed by atoms with Gasteiger partial charge in [0, 0.05) is 0 Å². The molecule has 0 amide bonds. The van der Waals surface area contributed by atoms with Gasteiger partial charge in [0.25, 0.3) is 0 Å². The molecule has 0 spiro atoms. The third-order valence-electron chi connectivity index (χ3n) is 2.55. The quantitative estimate of drug-likeness (QED) is 0.764. The summed E-state index contributed by atoms with van der Waals surface area (Å²) in [5.41, 5.74) is 3.64. The molecule has 1 heterocycles. The lowest BCUT2D eigenvalue weighted by atomic mass is 10.0. The van der Waals surface area contributed by atoms with Gasteiger partial charge in [0.2, 0.25) is 0 Å². The van der Waals surface area contributed by atoms with Crippen LogP contribution >= 0.6 is 0 Å². The van der Waals surface area contributed by atoms with E-state index in [9.17, 15) is 4.79 Å². The van der Waals surface area contributed by atoms with Gasteiger partial charge in [-0.05, 0) is 23.1 Å². The van der Waals surface area contributed by atoms with Crippen molar-refractivity contribution in [3.05, 3.63) is 34.9 Å². The van der Waals surface area contributed by atoms with Gasteiger partial charge in [-0.1, -0.05) is 18.2 Å². The number of aliphatic carboxylic acids is 1. The Hall–Kier alpha value is -1.39. The zero-order valence-electron chi connectivity index (χ0n) is 8.94. The van der Waals surface area contributed by atoms with Crippen LogP contribution in [0.15, 0.2) is 18.2 Å². The molecule has 0 saturated heterocycles. The molecule has 0 radical (unpaired) electrons. The molecule has 0 atom stereocenters. The van der Waals surface area contributed by atoms with E-state index in [0.717, 1.165) is 12.0 Å². The number of carboxylic acids is 1. The maximum atomic E-state index is 10.2.